The molecule has 0 aliphatic rings. The molecule has 0 radical (unpaired) electrons. The quantitative estimate of drug-likeness (QED) is 0.452. The molecule has 13 heavy (non-hydrogen) atoms. The molecule has 0 aromatic heterocycles. The topological polar surface area (TPSA) is 64.4 Å². The van der Waals surface area contributed by atoms with Crippen LogP contribution in [0.4, 0.5) is 14.5 Å². The molecule has 1 aromatic carbocycles. The molecular formula is C7H6BrF2N3. The highest BCUT2D eigenvalue weighted by molar-refractivity contribution is 9.10. The molecule has 1 aromatic rings. The van der Waals surface area contributed by atoms with Crippen molar-refractivity contribution < 1.29 is 8.78 Å². The molecular weight excluding hydrogens is 244 g/mol. The first-order chi connectivity index (χ1) is 6.02. The van der Waals surface area contributed by atoms with Crippen molar-refractivity contribution in [2.24, 2.45) is 16.5 Å². The van der Waals surface area contributed by atoms with E-state index in [1.54, 1.807) is 0 Å². The van der Waals surface area contributed by atoms with E-state index in [0.717, 1.165) is 0 Å². The smallest absolute Gasteiger partial charge is 0.191 e. The van der Waals surface area contributed by atoms with Gasteiger partial charge in [-0.3, -0.25) is 0 Å². The van der Waals surface area contributed by atoms with E-state index in [1.165, 1.54) is 12.1 Å². The van der Waals surface area contributed by atoms with Crippen molar-refractivity contribution in [2.75, 3.05) is 0 Å². The van der Waals surface area contributed by atoms with Crippen molar-refractivity contribution in [3.8, 4) is 0 Å². The largest absolute Gasteiger partial charge is 0.370 e. The molecule has 70 valence electrons. The van der Waals surface area contributed by atoms with E-state index < -0.39 is 11.6 Å². The van der Waals surface area contributed by atoms with Crippen LogP contribution in [-0.4, -0.2) is 5.96 Å². The number of guanidine groups is 1. The van der Waals surface area contributed by atoms with Crippen LogP contribution in [0.1, 0.15) is 0 Å². The standard InChI is InChI=1S/C7H6BrF2N3/c8-3-1-2-4(13-7(11)12)6(10)5(3)9/h1-2H,(H4,11,12,13). The Balaban J connectivity index is 3.26. The van der Waals surface area contributed by atoms with E-state index in [0.29, 0.717) is 0 Å². The third-order valence-electron chi connectivity index (χ3n) is 1.26. The highest BCUT2D eigenvalue weighted by atomic mass is 79.9. The number of nitrogens with two attached hydrogens (primary N) is 2. The number of hydrogen-bond donors (Lipinski definition) is 2. The summed E-state index contributed by atoms with van der Waals surface area (Å²) < 4.78 is 25.9. The minimum atomic E-state index is -1.08. The lowest BCUT2D eigenvalue weighted by Crippen LogP contribution is -2.22. The van der Waals surface area contributed by atoms with Crippen molar-refractivity contribution in [3.05, 3.63) is 28.2 Å². The van der Waals surface area contributed by atoms with Gasteiger partial charge >= 0.3 is 0 Å². The van der Waals surface area contributed by atoms with Crippen molar-refractivity contribution in [1.29, 1.82) is 0 Å². The summed E-state index contributed by atoms with van der Waals surface area (Å²) in [6.45, 7) is 0. The van der Waals surface area contributed by atoms with Gasteiger partial charge in [-0.25, -0.2) is 13.8 Å². The summed E-state index contributed by atoms with van der Waals surface area (Å²) in [4.78, 5) is 3.40. The van der Waals surface area contributed by atoms with Crippen LogP contribution in [0.15, 0.2) is 21.6 Å². The number of hydrogen-bond acceptors (Lipinski definition) is 1. The molecule has 0 atom stereocenters. The fourth-order valence-electron chi connectivity index (χ4n) is 0.741. The fourth-order valence-corrected chi connectivity index (χ4v) is 1.05. The maximum absolute atomic E-state index is 13.0. The van der Waals surface area contributed by atoms with E-state index in [9.17, 15) is 8.78 Å². The zero-order valence-electron chi connectivity index (χ0n) is 6.39. The zero-order chi connectivity index (χ0) is 10.0. The van der Waals surface area contributed by atoms with E-state index in [4.69, 9.17) is 11.5 Å². The second-order valence-electron chi connectivity index (χ2n) is 2.23. The number of rotatable bonds is 1. The Morgan fingerprint density at radius 1 is 1.23 bits per heavy atom. The van der Waals surface area contributed by atoms with Crippen LogP contribution in [0.25, 0.3) is 0 Å². The summed E-state index contributed by atoms with van der Waals surface area (Å²) >= 11 is 2.82. The predicted octanol–water partition coefficient (Wildman–Crippen LogP) is 1.63. The third-order valence-corrected chi connectivity index (χ3v) is 1.88. The van der Waals surface area contributed by atoms with Gasteiger partial charge < -0.3 is 11.5 Å². The van der Waals surface area contributed by atoms with Crippen LogP contribution in [0.5, 0.6) is 0 Å². The minimum Gasteiger partial charge on any atom is -0.370 e. The second-order valence-corrected chi connectivity index (χ2v) is 3.09. The number of halogens is 3. The van der Waals surface area contributed by atoms with Crippen molar-refractivity contribution >= 4 is 27.6 Å². The Bertz CT molecular complexity index is 361. The Kier molecular flexibility index (Phi) is 2.82. The van der Waals surface area contributed by atoms with Gasteiger partial charge in [-0.05, 0) is 28.1 Å². The van der Waals surface area contributed by atoms with Crippen molar-refractivity contribution in [3.63, 3.8) is 0 Å². The molecule has 0 spiro atoms. The molecule has 0 fully saturated rings. The lowest BCUT2D eigenvalue weighted by molar-refractivity contribution is 0.506. The van der Waals surface area contributed by atoms with Crippen LogP contribution < -0.4 is 11.5 Å². The molecule has 0 amide bonds. The second kappa shape index (κ2) is 3.69. The molecule has 0 saturated carbocycles. The van der Waals surface area contributed by atoms with E-state index in [2.05, 4.69) is 20.9 Å². The van der Waals surface area contributed by atoms with Crippen LogP contribution in [0, 0.1) is 11.6 Å². The lowest BCUT2D eigenvalue weighted by Gasteiger charge is -2.00. The van der Waals surface area contributed by atoms with Gasteiger partial charge in [0.2, 0.25) is 0 Å². The number of benzene rings is 1. The van der Waals surface area contributed by atoms with Gasteiger partial charge in [-0.2, -0.15) is 0 Å². The molecule has 0 aliphatic carbocycles. The van der Waals surface area contributed by atoms with Gasteiger partial charge in [0.15, 0.2) is 17.6 Å². The van der Waals surface area contributed by atoms with E-state index >= 15 is 0 Å². The lowest BCUT2D eigenvalue weighted by atomic mass is 10.3. The van der Waals surface area contributed by atoms with Gasteiger partial charge in [-0.15, -0.1) is 0 Å². The summed E-state index contributed by atoms with van der Waals surface area (Å²) in [6, 6.07) is 2.59. The number of nitrogens with zero attached hydrogens (tertiary/aromatic N) is 1. The average molecular weight is 250 g/mol. The van der Waals surface area contributed by atoms with E-state index in [-0.39, 0.29) is 16.1 Å². The summed E-state index contributed by atoms with van der Waals surface area (Å²) in [5, 5.41) is 0. The van der Waals surface area contributed by atoms with Gasteiger partial charge in [0, 0.05) is 0 Å². The van der Waals surface area contributed by atoms with E-state index in [1.807, 2.05) is 0 Å². The van der Waals surface area contributed by atoms with Crippen LogP contribution in [0.2, 0.25) is 0 Å². The molecule has 4 N–H and O–H groups in total. The maximum Gasteiger partial charge on any atom is 0.191 e. The molecule has 0 saturated heterocycles. The molecule has 0 bridgehead atoms. The fraction of sp³-hybridized carbons (Fsp3) is 0. The van der Waals surface area contributed by atoms with Gasteiger partial charge in [0.05, 0.1) is 4.47 Å². The zero-order valence-corrected chi connectivity index (χ0v) is 7.98. The molecule has 0 unspecified atom stereocenters. The Morgan fingerprint density at radius 3 is 2.38 bits per heavy atom. The average Bonchev–Trinajstić information content (AvgIpc) is 2.06. The third kappa shape index (κ3) is 2.15. The molecule has 0 heterocycles. The van der Waals surface area contributed by atoms with Crippen molar-refractivity contribution in [1.82, 2.24) is 0 Å². The van der Waals surface area contributed by atoms with Crippen LogP contribution in [-0.2, 0) is 0 Å². The normalized spacial score (nSPS) is 9.77. The van der Waals surface area contributed by atoms with Crippen LogP contribution >= 0.6 is 15.9 Å². The highest BCUT2D eigenvalue weighted by Gasteiger charge is 2.10. The SMILES string of the molecule is NC(N)=Nc1ccc(Br)c(F)c1F. The minimum absolute atomic E-state index is 0.0274. The summed E-state index contributed by atoms with van der Waals surface area (Å²) in [7, 11) is 0. The van der Waals surface area contributed by atoms with Crippen LogP contribution in [0.3, 0.4) is 0 Å². The van der Waals surface area contributed by atoms with Crippen molar-refractivity contribution in [2.45, 2.75) is 0 Å². The molecule has 0 aliphatic heterocycles. The van der Waals surface area contributed by atoms with Gasteiger partial charge in [-0.1, -0.05) is 0 Å². The Hall–Kier alpha value is -1.17. The molecule has 1 rings (SSSR count). The maximum atomic E-state index is 13.0. The monoisotopic (exact) mass is 249 g/mol. The highest BCUT2D eigenvalue weighted by Crippen LogP contribution is 2.25. The Labute approximate surface area is 81.6 Å². The molecule has 3 nitrogen and oxygen atoms in total. The Morgan fingerprint density at radius 2 is 1.85 bits per heavy atom. The summed E-state index contributed by atoms with van der Waals surface area (Å²) in [5.74, 6) is -2.41. The number of aliphatic imine (C=N–C) groups is 1. The summed E-state index contributed by atoms with van der Waals surface area (Å²) in [6.07, 6.45) is 0. The summed E-state index contributed by atoms with van der Waals surface area (Å²) in [5.41, 5.74) is 9.80. The first-order valence-electron chi connectivity index (χ1n) is 3.25. The van der Waals surface area contributed by atoms with Gasteiger partial charge in [0.1, 0.15) is 5.69 Å². The molecule has 6 heteroatoms. The first kappa shape index (κ1) is 9.91. The predicted molar refractivity (Wildman–Crippen MR) is 49.5 cm³/mol. The first-order valence-corrected chi connectivity index (χ1v) is 4.05. The van der Waals surface area contributed by atoms with Gasteiger partial charge in [0.25, 0.3) is 0 Å².